The first-order chi connectivity index (χ1) is 11.3. The predicted octanol–water partition coefficient (Wildman–Crippen LogP) is 2.66. The summed E-state index contributed by atoms with van der Waals surface area (Å²) >= 11 is 0. The van der Waals surface area contributed by atoms with E-state index in [4.69, 9.17) is 0 Å². The van der Waals surface area contributed by atoms with Crippen LogP contribution in [0.4, 0.5) is 0 Å². The number of nitrogens with one attached hydrogen (secondary N) is 1. The molecule has 23 heavy (non-hydrogen) atoms. The van der Waals surface area contributed by atoms with E-state index < -0.39 is 0 Å². The van der Waals surface area contributed by atoms with Gasteiger partial charge in [-0.1, -0.05) is 18.2 Å². The molecule has 0 radical (unpaired) electrons. The third-order valence-corrected chi connectivity index (χ3v) is 4.47. The lowest BCUT2D eigenvalue weighted by atomic mass is 9.99. The standard InChI is InChI=1S/C18H18N4O/c23-18(17-10-19-12-21-17)22-6-5-13(11-22)7-14-8-15-3-1-2-4-16(15)20-9-14/h1-4,8-10,12-13H,5-7,11H2,(H,19,21)/t13-/m1/s1. The number of imidazole rings is 1. The lowest BCUT2D eigenvalue weighted by molar-refractivity contribution is 0.0782. The first kappa shape index (κ1) is 13.9. The van der Waals surface area contributed by atoms with Crippen molar-refractivity contribution in [3.8, 4) is 0 Å². The van der Waals surface area contributed by atoms with E-state index in [0.717, 1.165) is 31.4 Å². The summed E-state index contributed by atoms with van der Waals surface area (Å²) in [7, 11) is 0. The summed E-state index contributed by atoms with van der Waals surface area (Å²) in [6, 6.07) is 10.4. The lowest BCUT2D eigenvalue weighted by Gasteiger charge is -2.15. The van der Waals surface area contributed by atoms with Crippen LogP contribution in [0.1, 0.15) is 22.5 Å². The third kappa shape index (κ3) is 2.82. The van der Waals surface area contributed by atoms with Crippen LogP contribution in [0.15, 0.2) is 49.1 Å². The number of aromatic nitrogens is 3. The number of hydrogen-bond donors (Lipinski definition) is 1. The number of amides is 1. The maximum atomic E-state index is 12.3. The SMILES string of the molecule is O=C(c1cnc[nH]1)N1CC[C@H](Cc2cnc3ccccc3c2)C1. The Morgan fingerprint density at radius 2 is 2.22 bits per heavy atom. The van der Waals surface area contributed by atoms with Crippen LogP contribution in [0, 0.1) is 5.92 Å². The first-order valence-corrected chi connectivity index (χ1v) is 7.91. The molecule has 2 aromatic heterocycles. The minimum atomic E-state index is 0.0432. The molecule has 0 unspecified atom stereocenters. The molecule has 0 saturated carbocycles. The van der Waals surface area contributed by atoms with Crippen molar-refractivity contribution in [1.29, 1.82) is 0 Å². The summed E-state index contributed by atoms with van der Waals surface area (Å²) in [6.45, 7) is 1.61. The Morgan fingerprint density at radius 3 is 3.09 bits per heavy atom. The Labute approximate surface area is 134 Å². The first-order valence-electron chi connectivity index (χ1n) is 7.91. The average Bonchev–Trinajstić information content (AvgIpc) is 3.26. The van der Waals surface area contributed by atoms with Gasteiger partial charge in [-0.2, -0.15) is 0 Å². The smallest absolute Gasteiger partial charge is 0.271 e. The van der Waals surface area contributed by atoms with Gasteiger partial charge in [0, 0.05) is 24.7 Å². The second-order valence-corrected chi connectivity index (χ2v) is 6.11. The van der Waals surface area contributed by atoms with E-state index >= 15 is 0 Å². The van der Waals surface area contributed by atoms with E-state index in [1.807, 2.05) is 29.3 Å². The average molecular weight is 306 g/mol. The molecule has 1 saturated heterocycles. The van der Waals surface area contributed by atoms with Crippen molar-refractivity contribution in [2.24, 2.45) is 5.92 Å². The molecule has 1 aromatic carbocycles. The van der Waals surface area contributed by atoms with Gasteiger partial charge in [-0.15, -0.1) is 0 Å². The normalized spacial score (nSPS) is 17.7. The molecular weight excluding hydrogens is 288 g/mol. The van der Waals surface area contributed by atoms with Crippen LogP contribution >= 0.6 is 0 Å². The Morgan fingerprint density at radius 1 is 1.30 bits per heavy atom. The van der Waals surface area contributed by atoms with Crippen LogP contribution in [-0.2, 0) is 6.42 Å². The molecule has 1 fully saturated rings. The molecule has 5 nitrogen and oxygen atoms in total. The maximum Gasteiger partial charge on any atom is 0.271 e. The highest BCUT2D eigenvalue weighted by Gasteiger charge is 2.27. The third-order valence-electron chi connectivity index (χ3n) is 4.47. The molecular formula is C18H18N4O. The van der Waals surface area contributed by atoms with Crippen molar-refractivity contribution in [1.82, 2.24) is 19.9 Å². The summed E-state index contributed by atoms with van der Waals surface area (Å²) in [5.74, 6) is 0.534. The van der Waals surface area contributed by atoms with Crippen LogP contribution in [-0.4, -0.2) is 38.8 Å². The molecule has 0 bridgehead atoms. The summed E-state index contributed by atoms with van der Waals surface area (Å²) in [4.78, 5) is 25.6. The number of nitrogens with zero attached hydrogens (tertiary/aromatic N) is 3. The zero-order valence-electron chi connectivity index (χ0n) is 12.8. The number of rotatable bonds is 3. The number of pyridine rings is 1. The highest BCUT2D eigenvalue weighted by atomic mass is 16.2. The largest absolute Gasteiger partial charge is 0.341 e. The number of carbonyl (C=O) groups excluding carboxylic acids is 1. The maximum absolute atomic E-state index is 12.3. The van der Waals surface area contributed by atoms with Gasteiger partial charge in [0.1, 0.15) is 5.69 Å². The van der Waals surface area contributed by atoms with Crippen molar-refractivity contribution >= 4 is 16.8 Å². The molecule has 116 valence electrons. The molecule has 3 heterocycles. The van der Waals surface area contributed by atoms with Crippen LogP contribution in [0.3, 0.4) is 0 Å². The molecule has 1 N–H and O–H groups in total. The second kappa shape index (κ2) is 5.83. The van der Waals surface area contributed by atoms with Gasteiger partial charge in [0.2, 0.25) is 0 Å². The summed E-state index contributed by atoms with van der Waals surface area (Å²) < 4.78 is 0. The quantitative estimate of drug-likeness (QED) is 0.809. The molecule has 3 aromatic rings. The van der Waals surface area contributed by atoms with Crippen molar-refractivity contribution < 1.29 is 4.79 Å². The number of hydrogen-bond acceptors (Lipinski definition) is 3. The number of para-hydroxylation sites is 1. The molecule has 0 aliphatic carbocycles. The monoisotopic (exact) mass is 306 g/mol. The van der Waals surface area contributed by atoms with E-state index in [-0.39, 0.29) is 5.91 Å². The van der Waals surface area contributed by atoms with Gasteiger partial charge < -0.3 is 9.88 Å². The molecule has 0 spiro atoms. The fourth-order valence-electron chi connectivity index (χ4n) is 3.29. The lowest BCUT2D eigenvalue weighted by Crippen LogP contribution is -2.29. The molecule has 4 rings (SSSR count). The van der Waals surface area contributed by atoms with Crippen LogP contribution in [0.5, 0.6) is 0 Å². The van der Waals surface area contributed by atoms with E-state index in [0.29, 0.717) is 11.6 Å². The Hall–Kier alpha value is -2.69. The number of aromatic amines is 1. The van der Waals surface area contributed by atoms with Gasteiger partial charge in [-0.25, -0.2) is 4.98 Å². The van der Waals surface area contributed by atoms with Gasteiger partial charge in [-0.3, -0.25) is 9.78 Å². The van der Waals surface area contributed by atoms with Crippen molar-refractivity contribution in [3.05, 3.63) is 60.3 Å². The van der Waals surface area contributed by atoms with Crippen molar-refractivity contribution in [2.75, 3.05) is 13.1 Å². The fraction of sp³-hybridized carbons (Fsp3) is 0.278. The Kier molecular flexibility index (Phi) is 3.54. The van der Waals surface area contributed by atoms with Crippen LogP contribution < -0.4 is 0 Å². The van der Waals surface area contributed by atoms with E-state index in [1.165, 1.54) is 10.9 Å². The Bertz CT molecular complexity index is 828. The highest BCUT2D eigenvalue weighted by molar-refractivity contribution is 5.92. The van der Waals surface area contributed by atoms with Crippen LogP contribution in [0.2, 0.25) is 0 Å². The van der Waals surface area contributed by atoms with Gasteiger partial charge in [0.25, 0.3) is 5.91 Å². The molecule has 1 aliphatic rings. The zero-order chi connectivity index (χ0) is 15.6. The van der Waals surface area contributed by atoms with Gasteiger partial charge in [0.05, 0.1) is 18.0 Å². The topological polar surface area (TPSA) is 61.9 Å². The van der Waals surface area contributed by atoms with Crippen LogP contribution in [0.25, 0.3) is 10.9 Å². The Balaban J connectivity index is 1.44. The number of H-pyrrole nitrogens is 1. The summed E-state index contributed by atoms with van der Waals surface area (Å²) in [6.07, 6.45) is 7.09. The number of carbonyl (C=O) groups is 1. The van der Waals surface area contributed by atoms with E-state index in [2.05, 4.69) is 27.1 Å². The van der Waals surface area contributed by atoms with Crippen molar-refractivity contribution in [3.63, 3.8) is 0 Å². The minimum Gasteiger partial charge on any atom is -0.341 e. The molecule has 5 heteroatoms. The summed E-state index contributed by atoms with van der Waals surface area (Å²) in [5.41, 5.74) is 2.83. The van der Waals surface area contributed by atoms with E-state index in [1.54, 1.807) is 12.5 Å². The minimum absolute atomic E-state index is 0.0432. The van der Waals surface area contributed by atoms with Crippen molar-refractivity contribution in [2.45, 2.75) is 12.8 Å². The van der Waals surface area contributed by atoms with Gasteiger partial charge in [0.15, 0.2) is 0 Å². The fourth-order valence-corrected chi connectivity index (χ4v) is 3.29. The summed E-state index contributed by atoms with van der Waals surface area (Å²) in [5, 5.41) is 1.17. The van der Waals surface area contributed by atoms with E-state index in [9.17, 15) is 4.79 Å². The number of fused-ring (bicyclic) bond motifs is 1. The highest BCUT2D eigenvalue weighted by Crippen LogP contribution is 2.23. The number of likely N-dealkylation sites (tertiary alicyclic amines) is 1. The van der Waals surface area contributed by atoms with Gasteiger partial charge >= 0.3 is 0 Å². The molecule has 1 atom stereocenters. The number of benzene rings is 1. The zero-order valence-corrected chi connectivity index (χ0v) is 12.8. The second-order valence-electron chi connectivity index (χ2n) is 6.11. The predicted molar refractivity (Wildman–Crippen MR) is 88.0 cm³/mol. The van der Waals surface area contributed by atoms with Gasteiger partial charge in [-0.05, 0) is 36.5 Å². The molecule has 1 amide bonds. The molecule has 1 aliphatic heterocycles.